The second-order valence-electron chi connectivity index (χ2n) is 6.74. The SMILES string of the molecule is CCCOc1ccc(CNC(=O)COc2ccc(Br)cc2C(C)C)cc1OC. The predicted molar refractivity (Wildman–Crippen MR) is 114 cm³/mol. The van der Waals surface area contributed by atoms with Gasteiger partial charge < -0.3 is 19.5 Å². The lowest BCUT2D eigenvalue weighted by Gasteiger charge is -2.15. The van der Waals surface area contributed by atoms with E-state index in [1.54, 1.807) is 7.11 Å². The van der Waals surface area contributed by atoms with E-state index in [0.29, 0.717) is 30.6 Å². The van der Waals surface area contributed by atoms with Crippen molar-refractivity contribution in [2.75, 3.05) is 20.3 Å². The molecule has 28 heavy (non-hydrogen) atoms. The summed E-state index contributed by atoms with van der Waals surface area (Å²) in [6, 6.07) is 11.5. The van der Waals surface area contributed by atoms with E-state index < -0.39 is 0 Å². The summed E-state index contributed by atoms with van der Waals surface area (Å²) in [5, 5.41) is 2.87. The molecule has 6 heteroatoms. The number of amides is 1. The Kier molecular flexibility index (Phi) is 8.64. The molecule has 1 N–H and O–H groups in total. The summed E-state index contributed by atoms with van der Waals surface area (Å²) >= 11 is 3.47. The van der Waals surface area contributed by atoms with Gasteiger partial charge in [-0.05, 0) is 53.8 Å². The van der Waals surface area contributed by atoms with Crippen molar-refractivity contribution in [3.05, 3.63) is 52.0 Å². The number of rotatable bonds is 10. The molecule has 0 heterocycles. The number of ether oxygens (including phenoxy) is 3. The molecule has 0 radical (unpaired) electrons. The van der Waals surface area contributed by atoms with Gasteiger partial charge in [0, 0.05) is 11.0 Å². The van der Waals surface area contributed by atoms with Gasteiger partial charge in [-0.3, -0.25) is 4.79 Å². The Morgan fingerprint density at radius 1 is 1.07 bits per heavy atom. The summed E-state index contributed by atoms with van der Waals surface area (Å²) in [5.41, 5.74) is 2.00. The van der Waals surface area contributed by atoms with E-state index in [9.17, 15) is 4.79 Å². The maximum atomic E-state index is 12.2. The Balaban J connectivity index is 1.91. The van der Waals surface area contributed by atoms with Crippen molar-refractivity contribution in [3.63, 3.8) is 0 Å². The van der Waals surface area contributed by atoms with Gasteiger partial charge in [0.25, 0.3) is 5.91 Å². The molecule has 0 fully saturated rings. The molecule has 0 spiro atoms. The normalized spacial score (nSPS) is 10.6. The highest BCUT2D eigenvalue weighted by molar-refractivity contribution is 9.10. The van der Waals surface area contributed by atoms with Crippen molar-refractivity contribution in [1.82, 2.24) is 5.32 Å². The van der Waals surface area contributed by atoms with E-state index in [0.717, 1.165) is 27.8 Å². The van der Waals surface area contributed by atoms with Crippen molar-refractivity contribution in [3.8, 4) is 17.2 Å². The molecule has 0 saturated carbocycles. The quantitative estimate of drug-likeness (QED) is 0.550. The first kappa shape index (κ1) is 22.1. The lowest BCUT2D eigenvalue weighted by atomic mass is 10.0. The Labute approximate surface area is 175 Å². The maximum absolute atomic E-state index is 12.2. The number of benzene rings is 2. The minimum Gasteiger partial charge on any atom is -0.493 e. The molecule has 2 aromatic rings. The molecular weight excluding hydrogens is 422 g/mol. The van der Waals surface area contributed by atoms with Gasteiger partial charge in [0.05, 0.1) is 13.7 Å². The number of hydrogen-bond donors (Lipinski definition) is 1. The molecule has 0 aliphatic heterocycles. The number of methoxy groups -OCH3 is 1. The predicted octanol–water partition coefficient (Wildman–Crippen LogP) is 5.07. The minimum atomic E-state index is -0.178. The van der Waals surface area contributed by atoms with Crippen LogP contribution in [-0.2, 0) is 11.3 Å². The van der Waals surface area contributed by atoms with Crippen LogP contribution in [0.4, 0.5) is 0 Å². The highest BCUT2D eigenvalue weighted by Gasteiger charge is 2.11. The highest BCUT2D eigenvalue weighted by atomic mass is 79.9. The Morgan fingerprint density at radius 2 is 1.82 bits per heavy atom. The lowest BCUT2D eigenvalue weighted by Crippen LogP contribution is -2.28. The van der Waals surface area contributed by atoms with Crippen molar-refractivity contribution >= 4 is 21.8 Å². The van der Waals surface area contributed by atoms with Crippen LogP contribution in [0.1, 0.15) is 44.2 Å². The van der Waals surface area contributed by atoms with Crippen LogP contribution in [0.25, 0.3) is 0 Å². The molecule has 0 atom stereocenters. The number of carbonyl (C=O) groups excluding carboxylic acids is 1. The Hall–Kier alpha value is -2.21. The molecule has 0 bridgehead atoms. The average Bonchev–Trinajstić information content (AvgIpc) is 2.69. The zero-order valence-corrected chi connectivity index (χ0v) is 18.5. The van der Waals surface area contributed by atoms with E-state index in [-0.39, 0.29) is 12.5 Å². The third-order valence-corrected chi connectivity index (χ3v) is 4.63. The average molecular weight is 450 g/mol. The summed E-state index contributed by atoms with van der Waals surface area (Å²) in [5.74, 6) is 2.22. The minimum absolute atomic E-state index is 0.0316. The van der Waals surface area contributed by atoms with Crippen molar-refractivity contribution in [1.29, 1.82) is 0 Å². The fourth-order valence-electron chi connectivity index (χ4n) is 2.65. The van der Waals surface area contributed by atoms with E-state index in [1.165, 1.54) is 0 Å². The van der Waals surface area contributed by atoms with Crippen molar-refractivity contribution in [2.24, 2.45) is 0 Å². The molecule has 0 aliphatic carbocycles. The van der Waals surface area contributed by atoms with Crippen LogP contribution in [0.5, 0.6) is 17.2 Å². The van der Waals surface area contributed by atoms with Gasteiger partial charge in [-0.15, -0.1) is 0 Å². The zero-order chi connectivity index (χ0) is 20.5. The smallest absolute Gasteiger partial charge is 0.258 e. The van der Waals surface area contributed by atoms with Gasteiger partial charge in [0.2, 0.25) is 0 Å². The number of halogens is 1. The molecular formula is C22H28BrNO4. The molecule has 1 amide bonds. The molecule has 2 rings (SSSR count). The number of nitrogens with one attached hydrogen (secondary N) is 1. The zero-order valence-electron chi connectivity index (χ0n) is 16.9. The van der Waals surface area contributed by atoms with E-state index in [1.807, 2.05) is 36.4 Å². The lowest BCUT2D eigenvalue weighted by molar-refractivity contribution is -0.123. The maximum Gasteiger partial charge on any atom is 0.258 e. The third kappa shape index (κ3) is 6.44. The number of hydrogen-bond acceptors (Lipinski definition) is 4. The van der Waals surface area contributed by atoms with Crippen LogP contribution >= 0.6 is 15.9 Å². The fourth-order valence-corrected chi connectivity index (χ4v) is 3.03. The molecule has 152 valence electrons. The standard InChI is InChI=1S/C22H28BrNO4/c1-5-10-27-20-8-6-16(11-21(20)26-4)13-24-22(25)14-28-19-9-7-17(23)12-18(19)15(2)3/h6-9,11-12,15H,5,10,13-14H2,1-4H3,(H,24,25). The summed E-state index contributed by atoms with van der Waals surface area (Å²) in [6.07, 6.45) is 0.928. The van der Waals surface area contributed by atoms with Crippen LogP contribution in [0.2, 0.25) is 0 Å². The summed E-state index contributed by atoms with van der Waals surface area (Å²) in [4.78, 5) is 12.2. The van der Waals surface area contributed by atoms with Gasteiger partial charge in [-0.2, -0.15) is 0 Å². The Bertz CT molecular complexity index is 792. The summed E-state index contributed by atoms with van der Waals surface area (Å²) in [6.45, 7) is 7.24. The van der Waals surface area contributed by atoms with Crippen LogP contribution in [0, 0.1) is 0 Å². The molecule has 0 unspecified atom stereocenters. The third-order valence-electron chi connectivity index (χ3n) is 4.13. The van der Waals surface area contributed by atoms with Gasteiger partial charge >= 0.3 is 0 Å². The first-order valence-corrected chi connectivity index (χ1v) is 10.2. The topological polar surface area (TPSA) is 56.8 Å². The second-order valence-corrected chi connectivity index (χ2v) is 7.65. The fraction of sp³-hybridized carbons (Fsp3) is 0.409. The first-order valence-electron chi connectivity index (χ1n) is 9.43. The first-order chi connectivity index (χ1) is 13.4. The van der Waals surface area contributed by atoms with E-state index in [2.05, 4.69) is 42.0 Å². The van der Waals surface area contributed by atoms with Crippen LogP contribution in [0.15, 0.2) is 40.9 Å². The van der Waals surface area contributed by atoms with Crippen molar-refractivity contribution < 1.29 is 19.0 Å². The highest BCUT2D eigenvalue weighted by Crippen LogP contribution is 2.30. The monoisotopic (exact) mass is 449 g/mol. The summed E-state index contributed by atoms with van der Waals surface area (Å²) in [7, 11) is 1.61. The molecule has 2 aromatic carbocycles. The molecule has 0 aromatic heterocycles. The largest absolute Gasteiger partial charge is 0.493 e. The van der Waals surface area contributed by atoms with Crippen LogP contribution in [0.3, 0.4) is 0 Å². The van der Waals surface area contributed by atoms with Gasteiger partial charge in [0.15, 0.2) is 18.1 Å². The number of carbonyl (C=O) groups is 1. The van der Waals surface area contributed by atoms with Gasteiger partial charge in [-0.25, -0.2) is 0 Å². The molecule has 5 nitrogen and oxygen atoms in total. The van der Waals surface area contributed by atoms with Crippen LogP contribution < -0.4 is 19.5 Å². The van der Waals surface area contributed by atoms with Crippen molar-refractivity contribution in [2.45, 2.75) is 39.7 Å². The molecule has 0 aliphatic rings. The van der Waals surface area contributed by atoms with Crippen LogP contribution in [-0.4, -0.2) is 26.2 Å². The van der Waals surface area contributed by atoms with E-state index >= 15 is 0 Å². The van der Waals surface area contributed by atoms with Gasteiger partial charge in [0.1, 0.15) is 5.75 Å². The molecule has 0 saturated heterocycles. The summed E-state index contributed by atoms with van der Waals surface area (Å²) < 4.78 is 17.8. The second kappa shape index (κ2) is 11.0. The van der Waals surface area contributed by atoms with E-state index in [4.69, 9.17) is 14.2 Å². The Morgan fingerprint density at radius 3 is 2.50 bits per heavy atom. The van der Waals surface area contributed by atoms with Gasteiger partial charge in [-0.1, -0.05) is 42.8 Å².